The van der Waals surface area contributed by atoms with Gasteiger partial charge in [-0.25, -0.2) is 0 Å². The zero-order valence-corrected chi connectivity index (χ0v) is 19.0. The lowest BCUT2D eigenvalue weighted by atomic mass is 9.79. The molecule has 4 atom stereocenters. The minimum absolute atomic E-state index is 0.0176. The number of piperidine rings is 1. The number of hydrogen-bond acceptors (Lipinski definition) is 4. The maximum atomic E-state index is 13.4. The fourth-order valence-corrected chi connectivity index (χ4v) is 5.98. The van der Waals surface area contributed by atoms with Crippen molar-refractivity contribution >= 4 is 11.8 Å². The molecular weight excluding hydrogens is 414 g/mol. The number of primary amides is 1. The molecule has 0 radical (unpaired) electrons. The smallest absolute Gasteiger partial charge is 0.257 e. The number of aliphatic hydroxyl groups is 1. The molecule has 2 aromatic carbocycles. The van der Waals surface area contributed by atoms with E-state index in [1.54, 1.807) is 12.1 Å². The summed E-state index contributed by atoms with van der Waals surface area (Å²) < 4.78 is 0. The third kappa shape index (κ3) is 4.30. The first kappa shape index (κ1) is 22.1. The highest BCUT2D eigenvalue weighted by Gasteiger charge is 2.58. The minimum Gasteiger partial charge on any atom is -0.375 e. The fourth-order valence-electron chi connectivity index (χ4n) is 5.98. The summed E-state index contributed by atoms with van der Waals surface area (Å²) in [4.78, 5) is 27.1. The fraction of sp³-hybridized carbons (Fsp3) is 0.481. The number of rotatable bonds is 8. The van der Waals surface area contributed by atoms with Crippen molar-refractivity contribution in [1.82, 2.24) is 10.2 Å². The van der Waals surface area contributed by atoms with Crippen molar-refractivity contribution in [3.63, 3.8) is 0 Å². The van der Waals surface area contributed by atoms with E-state index in [0.29, 0.717) is 23.0 Å². The van der Waals surface area contributed by atoms with Crippen molar-refractivity contribution in [3.8, 4) is 0 Å². The molecule has 174 valence electrons. The molecule has 1 aliphatic heterocycles. The molecule has 1 saturated heterocycles. The molecule has 6 heteroatoms. The molecule has 0 bridgehead atoms. The highest BCUT2D eigenvalue weighted by Crippen LogP contribution is 2.47. The van der Waals surface area contributed by atoms with Crippen molar-refractivity contribution in [3.05, 3.63) is 71.3 Å². The van der Waals surface area contributed by atoms with Crippen molar-refractivity contribution in [1.29, 1.82) is 0 Å². The van der Waals surface area contributed by atoms with E-state index in [9.17, 15) is 14.7 Å². The molecule has 3 aliphatic rings. The molecule has 0 aromatic heterocycles. The van der Waals surface area contributed by atoms with Crippen LogP contribution in [-0.2, 0) is 16.8 Å². The predicted molar refractivity (Wildman–Crippen MR) is 126 cm³/mol. The number of carbonyl (C=O) groups excluding carboxylic acids is 2. The summed E-state index contributed by atoms with van der Waals surface area (Å²) in [5.74, 6) is 0.294. The van der Waals surface area contributed by atoms with E-state index in [1.807, 2.05) is 42.5 Å². The molecule has 4 N–H and O–H groups in total. The third-order valence-electron chi connectivity index (χ3n) is 8.03. The summed E-state index contributed by atoms with van der Waals surface area (Å²) in [7, 11) is 0. The Bertz CT molecular complexity index is 991. The van der Waals surface area contributed by atoms with Gasteiger partial charge in [-0.1, -0.05) is 55.3 Å². The van der Waals surface area contributed by atoms with Gasteiger partial charge in [0, 0.05) is 37.2 Å². The van der Waals surface area contributed by atoms with Crippen LogP contribution in [0, 0.1) is 17.8 Å². The summed E-state index contributed by atoms with van der Waals surface area (Å²) >= 11 is 0. The summed E-state index contributed by atoms with van der Waals surface area (Å²) in [6, 6.07) is 17.1. The number of carbonyl (C=O) groups is 2. The molecule has 0 spiro atoms. The first-order valence-electron chi connectivity index (χ1n) is 12.2. The topological polar surface area (TPSA) is 95.7 Å². The largest absolute Gasteiger partial charge is 0.375 e. The molecule has 6 nitrogen and oxygen atoms in total. The van der Waals surface area contributed by atoms with Crippen molar-refractivity contribution in [2.45, 2.75) is 43.7 Å². The number of fused-ring (bicyclic) bond motifs is 1. The van der Waals surface area contributed by atoms with Gasteiger partial charge in [0.2, 0.25) is 5.91 Å². The molecule has 2 aliphatic carbocycles. The number of nitrogens with zero attached hydrogens (tertiary/aromatic N) is 1. The molecular formula is C27H33N3O3. The van der Waals surface area contributed by atoms with Crippen molar-refractivity contribution in [2.24, 2.45) is 23.5 Å². The van der Waals surface area contributed by atoms with Gasteiger partial charge >= 0.3 is 0 Å². The van der Waals surface area contributed by atoms with Gasteiger partial charge in [0.15, 0.2) is 5.60 Å². The average Bonchev–Trinajstić information content (AvgIpc) is 3.25. The van der Waals surface area contributed by atoms with Gasteiger partial charge in [0.25, 0.3) is 5.91 Å². The summed E-state index contributed by atoms with van der Waals surface area (Å²) in [6.07, 6.45) is 4.85. The average molecular weight is 448 g/mol. The van der Waals surface area contributed by atoms with Gasteiger partial charge in [0.1, 0.15) is 0 Å². The van der Waals surface area contributed by atoms with E-state index in [2.05, 4.69) is 10.2 Å². The Morgan fingerprint density at radius 1 is 1.00 bits per heavy atom. The number of likely N-dealkylation sites (tertiary alicyclic amines) is 1. The molecule has 5 rings (SSSR count). The Hall–Kier alpha value is -2.70. The van der Waals surface area contributed by atoms with Crippen LogP contribution in [0.25, 0.3) is 0 Å². The van der Waals surface area contributed by atoms with Crippen LogP contribution in [-0.4, -0.2) is 47.5 Å². The Morgan fingerprint density at radius 3 is 2.24 bits per heavy atom. The minimum atomic E-state index is -1.44. The number of nitrogens with one attached hydrogen (secondary N) is 1. The second kappa shape index (κ2) is 8.92. The standard InChI is InChI=1S/C27H33N3O3/c28-25(31)19-12-10-18(11-13-19)14-15-30-16-22-23(17-30)24(22)29-26(32)27(33,21-8-4-5-9-21)20-6-2-1-3-7-20/h1-3,6-7,10-13,21-24,33H,4-5,8-9,14-17H2,(H2,28,31)(H,29,32)/t22-,23+,24?,27?. The van der Waals surface area contributed by atoms with Crippen LogP contribution in [0.1, 0.15) is 47.2 Å². The van der Waals surface area contributed by atoms with Crippen LogP contribution >= 0.6 is 0 Å². The van der Waals surface area contributed by atoms with Gasteiger partial charge in [-0.3, -0.25) is 9.59 Å². The highest BCUT2D eigenvalue weighted by molar-refractivity contribution is 5.92. The first-order chi connectivity index (χ1) is 16.0. The Balaban J connectivity index is 1.15. The van der Waals surface area contributed by atoms with E-state index in [1.165, 1.54) is 5.56 Å². The van der Waals surface area contributed by atoms with E-state index in [0.717, 1.165) is 51.7 Å². The Labute approximate surface area is 195 Å². The summed E-state index contributed by atoms with van der Waals surface area (Å²) in [6.45, 7) is 2.91. The van der Waals surface area contributed by atoms with Crippen molar-refractivity contribution < 1.29 is 14.7 Å². The lowest BCUT2D eigenvalue weighted by Crippen LogP contribution is -2.51. The second-order valence-corrected chi connectivity index (χ2v) is 10.0. The summed E-state index contributed by atoms with van der Waals surface area (Å²) in [5.41, 5.74) is 6.31. The first-order valence-corrected chi connectivity index (χ1v) is 12.2. The lowest BCUT2D eigenvalue weighted by Gasteiger charge is -2.33. The zero-order valence-electron chi connectivity index (χ0n) is 19.0. The van der Waals surface area contributed by atoms with E-state index < -0.39 is 11.5 Å². The molecule has 2 amide bonds. The van der Waals surface area contributed by atoms with Gasteiger partial charge in [-0.15, -0.1) is 0 Å². The number of hydrogen-bond donors (Lipinski definition) is 3. The van der Waals surface area contributed by atoms with E-state index in [4.69, 9.17) is 5.73 Å². The zero-order chi connectivity index (χ0) is 23.0. The quantitative estimate of drug-likeness (QED) is 0.579. The van der Waals surface area contributed by atoms with Crippen LogP contribution in [0.3, 0.4) is 0 Å². The Kier molecular flexibility index (Phi) is 5.97. The third-order valence-corrected chi connectivity index (χ3v) is 8.03. The van der Waals surface area contributed by atoms with Crippen molar-refractivity contribution in [2.75, 3.05) is 19.6 Å². The van der Waals surface area contributed by atoms with E-state index >= 15 is 0 Å². The van der Waals surface area contributed by atoms with Crippen LogP contribution in [0.4, 0.5) is 0 Å². The number of amides is 2. The monoisotopic (exact) mass is 447 g/mol. The molecule has 3 fully saturated rings. The van der Waals surface area contributed by atoms with E-state index in [-0.39, 0.29) is 17.9 Å². The normalized spacial score (nSPS) is 26.5. The van der Waals surface area contributed by atoms with Crippen LogP contribution in [0.15, 0.2) is 54.6 Å². The predicted octanol–water partition coefficient (Wildman–Crippen LogP) is 2.45. The molecule has 1 heterocycles. The van der Waals surface area contributed by atoms with Crippen LogP contribution in [0.5, 0.6) is 0 Å². The van der Waals surface area contributed by atoms with Gasteiger partial charge < -0.3 is 21.1 Å². The summed E-state index contributed by atoms with van der Waals surface area (Å²) in [5, 5.41) is 14.9. The van der Waals surface area contributed by atoms with Gasteiger partial charge in [0.05, 0.1) is 0 Å². The number of nitrogens with two attached hydrogens (primary N) is 1. The Morgan fingerprint density at radius 2 is 1.64 bits per heavy atom. The SMILES string of the molecule is NC(=O)c1ccc(CCN2C[C@@H]3C(NC(=O)C(O)(c4ccccc4)C4CCCC4)[C@@H]3C2)cc1. The molecule has 33 heavy (non-hydrogen) atoms. The second-order valence-electron chi connectivity index (χ2n) is 10.0. The van der Waals surface area contributed by atoms with Crippen LogP contribution < -0.4 is 11.1 Å². The van der Waals surface area contributed by atoms with Gasteiger partial charge in [-0.2, -0.15) is 0 Å². The highest BCUT2D eigenvalue weighted by atomic mass is 16.3. The maximum Gasteiger partial charge on any atom is 0.257 e. The van der Waals surface area contributed by atoms with Gasteiger partial charge in [-0.05, 0) is 54.4 Å². The molecule has 2 aromatic rings. The van der Waals surface area contributed by atoms with Crippen LogP contribution in [0.2, 0.25) is 0 Å². The maximum absolute atomic E-state index is 13.4. The number of benzene rings is 2. The molecule has 2 saturated carbocycles. The lowest BCUT2D eigenvalue weighted by molar-refractivity contribution is -0.147. The molecule has 2 unspecified atom stereocenters.